The molecule has 0 spiro atoms. The maximum absolute atomic E-state index is 12.6. The van der Waals surface area contributed by atoms with Crippen molar-refractivity contribution in [2.75, 3.05) is 13.2 Å². The molecule has 0 N–H and O–H groups in total. The van der Waals surface area contributed by atoms with Gasteiger partial charge in [-0.25, -0.2) is 9.59 Å². The molecule has 0 bridgehead atoms. The molecule has 5 rings (SSSR count). The van der Waals surface area contributed by atoms with Crippen LogP contribution in [0.1, 0.15) is 41.5 Å². The summed E-state index contributed by atoms with van der Waals surface area (Å²) in [6.45, 7) is 5.62. The van der Waals surface area contributed by atoms with Gasteiger partial charge in [0.25, 0.3) is 0 Å². The van der Waals surface area contributed by atoms with Gasteiger partial charge in [-0.05, 0) is 45.0 Å². The third-order valence-electron chi connectivity index (χ3n) is 6.60. The van der Waals surface area contributed by atoms with Crippen LogP contribution in [-0.4, -0.2) is 54.3 Å². The molecule has 2 saturated heterocycles. The molecule has 7 nitrogen and oxygen atoms in total. The van der Waals surface area contributed by atoms with Crippen LogP contribution in [0.3, 0.4) is 0 Å². The Morgan fingerprint density at radius 2 is 1.38 bits per heavy atom. The summed E-state index contributed by atoms with van der Waals surface area (Å²) < 4.78 is 29.9. The summed E-state index contributed by atoms with van der Waals surface area (Å²) in [5.41, 5.74) is -0.648. The molecule has 2 aliphatic heterocycles. The fourth-order valence-corrected chi connectivity index (χ4v) is 5.07. The lowest BCUT2D eigenvalue weighted by Gasteiger charge is -2.37. The summed E-state index contributed by atoms with van der Waals surface area (Å²) in [5.74, 6) is -2.13. The van der Waals surface area contributed by atoms with Crippen LogP contribution in [-0.2, 0) is 23.7 Å². The van der Waals surface area contributed by atoms with Gasteiger partial charge in [0, 0.05) is 0 Å². The van der Waals surface area contributed by atoms with Gasteiger partial charge in [0.05, 0.1) is 17.0 Å². The number of esters is 2. The first-order chi connectivity index (χ1) is 15.3. The maximum Gasteiger partial charge on any atom is 0.338 e. The lowest BCUT2D eigenvalue weighted by Crippen LogP contribution is -2.53. The molecule has 1 saturated carbocycles. The van der Waals surface area contributed by atoms with E-state index in [1.165, 1.54) is 0 Å². The zero-order chi connectivity index (χ0) is 22.6. The summed E-state index contributed by atoms with van der Waals surface area (Å²) in [7, 11) is 0. The normalized spacial score (nSPS) is 33.8. The Bertz CT molecular complexity index is 1020. The lowest BCUT2D eigenvalue weighted by molar-refractivity contribution is -0.193. The van der Waals surface area contributed by atoms with Crippen molar-refractivity contribution in [2.45, 2.75) is 50.0 Å². The predicted molar refractivity (Wildman–Crippen MR) is 113 cm³/mol. The second-order valence-corrected chi connectivity index (χ2v) is 9.18. The number of hydrogen-bond donors (Lipinski definition) is 0. The largest absolute Gasteiger partial charge is 0.462 e. The molecule has 0 amide bonds. The highest BCUT2D eigenvalue weighted by atomic mass is 16.8. The van der Waals surface area contributed by atoms with Gasteiger partial charge in [0.1, 0.15) is 36.6 Å². The van der Waals surface area contributed by atoms with E-state index in [0.29, 0.717) is 11.1 Å². The Morgan fingerprint density at radius 1 is 0.812 bits per heavy atom. The Balaban J connectivity index is 1.38. The summed E-state index contributed by atoms with van der Waals surface area (Å²) in [6, 6.07) is 17.6. The standard InChI is InChI=1S/C25H26O7/c1-23(2)30-20-19-24(3,31-19)18(14-28-21(26)16-10-6-4-7-11-16)25(20,32-23)15-29-22(27)17-12-8-5-9-13-17/h4-13,18-20H,14-15H2,1-3H3/t18-,19+,20-,24-,25+/m1/s1. The molecule has 0 aromatic heterocycles. The molecule has 2 aromatic rings. The van der Waals surface area contributed by atoms with Crippen molar-refractivity contribution in [2.24, 2.45) is 5.92 Å². The van der Waals surface area contributed by atoms with Gasteiger partial charge >= 0.3 is 11.9 Å². The molecule has 3 aliphatic rings. The van der Waals surface area contributed by atoms with Crippen LogP contribution in [0.5, 0.6) is 0 Å². The van der Waals surface area contributed by atoms with Crippen molar-refractivity contribution >= 4 is 11.9 Å². The molecule has 5 atom stereocenters. The fourth-order valence-electron chi connectivity index (χ4n) is 5.07. The van der Waals surface area contributed by atoms with E-state index in [4.69, 9.17) is 23.7 Å². The van der Waals surface area contributed by atoms with Crippen LogP contribution < -0.4 is 0 Å². The average molecular weight is 438 g/mol. The molecule has 0 radical (unpaired) electrons. The number of benzene rings is 2. The van der Waals surface area contributed by atoms with Crippen molar-refractivity contribution < 1.29 is 33.3 Å². The van der Waals surface area contributed by atoms with E-state index in [2.05, 4.69) is 0 Å². The van der Waals surface area contributed by atoms with E-state index in [1.54, 1.807) is 48.5 Å². The molecule has 3 fully saturated rings. The smallest absolute Gasteiger partial charge is 0.338 e. The first-order valence-corrected chi connectivity index (χ1v) is 10.8. The Kier molecular flexibility index (Phi) is 4.89. The minimum absolute atomic E-state index is 0.0299. The van der Waals surface area contributed by atoms with Gasteiger partial charge in [-0.2, -0.15) is 0 Å². The highest BCUT2D eigenvalue weighted by Gasteiger charge is 2.82. The third-order valence-corrected chi connectivity index (χ3v) is 6.60. The predicted octanol–water partition coefficient (Wildman–Crippen LogP) is 3.38. The molecule has 168 valence electrons. The maximum atomic E-state index is 12.6. The zero-order valence-electron chi connectivity index (χ0n) is 18.3. The Labute approximate surface area is 186 Å². The first-order valence-electron chi connectivity index (χ1n) is 10.8. The van der Waals surface area contributed by atoms with Crippen LogP contribution in [0.25, 0.3) is 0 Å². The monoisotopic (exact) mass is 438 g/mol. The summed E-state index contributed by atoms with van der Waals surface area (Å²) in [4.78, 5) is 25.2. The molecular formula is C25H26O7. The number of ether oxygens (including phenoxy) is 5. The molecule has 2 heterocycles. The van der Waals surface area contributed by atoms with E-state index in [1.807, 2.05) is 32.9 Å². The lowest BCUT2D eigenvalue weighted by atomic mass is 9.85. The quantitative estimate of drug-likeness (QED) is 0.505. The van der Waals surface area contributed by atoms with E-state index < -0.39 is 35.0 Å². The van der Waals surface area contributed by atoms with Crippen LogP contribution in [0.2, 0.25) is 0 Å². The van der Waals surface area contributed by atoms with E-state index >= 15 is 0 Å². The number of fused-ring (bicyclic) bond motifs is 3. The molecule has 32 heavy (non-hydrogen) atoms. The second-order valence-electron chi connectivity index (χ2n) is 9.18. The van der Waals surface area contributed by atoms with Gasteiger partial charge < -0.3 is 23.7 Å². The van der Waals surface area contributed by atoms with Crippen molar-refractivity contribution in [3.05, 3.63) is 71.8 Å². The van der Waals surface area contributed by atoms with Crippen LogP contribution >= 0.6 is 0 Å². The van der Waals surface area contributed by atoms with Crippen molar-refractivity contribution in [1.29, 1.82) is 0 Å². The van der Waals surface area contributed by atoms with Gasteiger partial charge in [0.15, 0.2) is 5.79 Å². The Hall–Kier alpha value is -2.74. The molecule has 2 aromatic carbocycles. The highest BCUT2D eigenvalue weighted by molar-refractivity contribution is 5.89. The minimum Gasteiger partial charge on any atom is -0.462 e. The SMILES string of the molecule is CC1(C)O[C@@H]2[C@@H]3O[C@]3(C)[C@@H](COC(=O)c3ccccc3)[C@]2(COC(=O)c2ccccc2)O1. The molecule has 0 unspecified atom stereocenters. The Morgan fingerprint density at radius 3 is 1.97 bits per heavy atom. The average Bonchev–Trinajstić information content (AvgIpc) is 3.33. The number of carbonyl (C=O) groups excluding carboxylic acids is 2. The van der Waals surface area contributed by atoms with Crippen molar-refractivity contribution in [3.8, 4) is 0 Å². The second kappa shape index (κ2) is 7.40. The van der Waals surface area contributed by atoms with Crippen molar-refractivity contribution in [3.63, 3.8) is 0 Å². The topological polar surface area (TPSA) is 83.6 Å². The number of carbonyl (C=O) groups is 2. The minimum atomic E-state index is -0.984. The van der Waals surface area contributed by atoms with Gasteiger partial charge in [-0.3, -0.25) is 0 Å². The summed E-state index contributed by atoms with van der Waals surface area (Å²) >= 11 is 0. The summed E-state index contributed by atoms with van der Waals surface area (Å²) in [5, 5.41) is 0. The summed E-state index contributed by atoms with van der Waals surface area (Å²) in [6.07, 6.45) is -0.661. The number of rotatable bonds is 6. The van der Waals surface area contributed by atoms with Gasteiger partial charge in [-0.1, -0.05) is 36.4 Å². The van der Waals surface area contributed by atoms with E-state index in [9.17, 15) is 9.59 Å². The number of epoxide rings is 1. The molecular weight excluding hydrogens is 412 g/mol. The fraction of sp³-hybridized carbons (Fsp3) is 0.440. The van der Waals surface area contributed by atoms with Crippen molar-refractivity contribution in [1.82, 2.24) is 0 Å². The van der Waals surface area contributed by atoms with E-state index in [-0.39, 0.29) is 25.2 Å². The first kappa shape index (κ1) is 21.1. The highest BCUT2D eigenvalue weighted by Crippen LogP contribution is 2.64. The number of hydrogen-bond acceptors (Lipinski definition) is 7. The van der Waals surface area contributed by atoms with Gasteiger partial charge in [0.2, 0.25) is 0 Å². The van der Waals surface area contributed by atoms with E-state index in [0.717, 1.165) is 0 Å². The van der Waals surface area contributed by atoms with Gasteiger partial charge in [-0.15, -0.1) is 0 Å². The third kappa shape index (κ3) is 3.41. The molecule has 7 heteroatoms. The zero-order valence-corrected chi connectivity index (χ0v) is 18.3. The van der Waals surface area contributed by atoms with Crippen LogP contribution in [0.15, 0.2) is 60.7 Å². The van der Waals surface area contributed by atoms with Crippen LogP contribution in [0.4, 0.5) is 0 Å². The molecule has 1 aliphatic carbocycles. The van der Waals surface area contributed by atoms with Crippen LogP contribution in [0, 0.1) is 5.92 Å².